The Morgan fingerprint density at radius 2 is 2.10 bits per heavy atom. The zero-order valence-electron chi connectivity index (χ0n) is 12.4. The zero-order valence-corrected chi connectivity index (χ0v) is 13.2. The molecule has 0 heterocycles. The van der Waals surface area contributed by atoms with Crippen LogP contribution in [0.15, 0.2) is 18.2 Å². The minimum atomic E-state index is -0.380. The molecule has 0 saturated heterocycles. The van der Waals surface area contributed by atoms with Gasteiger partial charge in [-0.25, -0.2) is 0 Å². The van der Waals surface area contributed by atoms with Gasteiger partial charge >= 0.3 is 0 Å². The van der Waals surface area contributed by atoms with E-state index in [0.29, 0.717) is 17.3 Å². The molecule has 0 aromatic heterocycles. The van der Waals surface area contributed by atoms with Gasteiger partial charge in [0.25, 0.3) is 0 Å². The second-order valence-electron chi connectivity index (χ2n) is 6.49. The molecule has 0 amide bonds. The summed E-state index contributed by atoms with van der Waals surface area (Å²) in [6, 6.07) is 5.78. The maximum atomic E-state index is 9.91. The molecule has 1 aliphatic rings. The Balaban J connectivity index is 2.13. The van der Waals surface area contributed by atoms with Crippen LogP contribution in [0.4, 0.5) is 0 Å². The third-order valence-electron chi connectivity index (χ3n) is 3.54. The van der Waals surface area contributed by atoms with E-state index in [4.69, 9.17) is 16.3 Å². The average Bonchev–Trinajstić information content (AvgIpc) is 2.75. The van der Waals surface area contributed by atoms with Gasteiger partial charge in [0.2, 0.25) is 0 Å². The Morgan fingerprint density at radius 3 is 2.70 bits per heavy atom. The van der Waals surface area contributed by atoms with Gasteiger partial charge in [0.05, 0.1) is 11.1 Å². The van der Waals surface area contributed by atoms with Gasteiger partial charge < -0.3 is 15.2 Å². The van der Waals surface area contributed by atoms with E-state index < -0.39 is 0 Å². The largest absolute Gasteiger partial charge is 0.486 e. The van der Waals surface area contributed by atoms with Crippen molar-refractivity contribution >= 4 is 11.6 Å². The van der Waals surface area contributed by atoms with Crippen molar-refractivity contribution in [2.75, 3.05) is 0 Å². The Bertz CT molecular complexity index is 456. The summed E-state index contributed by atoms with van der Waals surface area (Å²) < 4.78 is 5.99. The van der Waals surface area contributed by atoms with Gasteiger partial charge in [-0.1, -0.05) is 23.7 Å². The Morgan fingerprint density at radius 1 is 1.35 bits per heavy atom. The summed E-state index contributed by atoms with van der Waals surface area (Å²) in [5.74, 6) is 0.705. The minimum absolute atomic E-state index is 0.0342. The van der Waals surface area contributed by atoms with E-state index in [2.05, 4.69) is 26.1 Å². The summed E-state index contributed by atoms with van der Waals surface area (Å²) in [6.45, 7) is 7.07. The van der Waals surface area contributed by atoms with Crippen molar-refractivity contribution in [3.05, 3.63) is 28.8 Å². The molecule has 2 N–H and O–H groups in total. The van der Waals surface area contributed by atoms with Crippen LogP contribution in [0.2, 0.25) is 5.02 Å². The molecule has 1 fully saturated rings. The van der Waals surface area contributed by atoms with Crippen LogP contribution >= 0.6 is 11.6 Å². The molecule has 2 unspecified atom stereocenters. The number of hydrogen-bond donors (Lipinski definition) is 2. The summed E-state index contributed by atoms with van der Waals surface area (Å²) in [5, 5.41) is 14.0. The highest BCUT2D eigenvalue weighted by Gasteiger charge is 2.28. The van der Waals surface area contributed by atoms with E-state index >= 15 is 0 Å². The lowest BCUT2D eigenvalue weighted by Crippen LogP contribution is -2.35. The van der Waals surface area contributed by atoms with Gasteiger partial charge in [0.15, 0.2) is 0 Å². The lowest BCUT2D eigenvalue weighted by molar-refractivity contribution is 0.0597. The first-order valence-electron chi connectivity index (χ1n) is 7.24. The lowest BCUT2D eigenvalue weighted by Gasteiger charge is -2.24. The molecule has 0 aliphatic heterocycles. The molecule has 3 nitrogen and oxygen atoms in total. The summed E-state index contributed by atoms with van der Waals surface area (Å²) in [6.07, 6.45) is 2.19. The van der Waals surface area contributed by atoms with Crippen molar-refractivity contribution in [2.24, 2.45) is 0 Å². The Labute approximate surface area is 126 Å². The van der Waals surface area contributed by atoms with Crippen LogP contribution in [0.1, 0.15) is 45.6 Å². The second kappa shape index (κ2) is 6.33. The first-order chi connectivity index (χ1) is 9.37. The Kier molecular flexibility index (Phi) is 4.95. The second-order valence-corrected chi connectivity index (χ2v) is 6.89. The van der Waals surface area contributed by atoms with Crippen molar-refractivity contribution in [3.63, 3.8) is 0 Å². The van der Waals surface area contributed by atoms with Crippen LogP contribution in [0.25, 0.3) is 0 Å². The molecule has 1 saturated carbocycles. The standard InChI is InChI=1S/C16H24ClNO2/c1-16(2,3)18-10-11-6-4-7-12(17)15(11)20-14-9-5-8-13(14)19/h4,6-7,13-14,18-19H,5,8-10H2,1-3H3. The van der Waals surface area contributed by atoms with Crippen molar-refractivity contribution in [1.29, 1.82) is 0 Å². The van der Waals surface area contributed by atoms with Crippen molar-refractivity contribution in [2.45, 2.75) is 64.3 Å². The van der Waals surface area contributed by atoms with E-state index in [0.717, 1.165) is 24.8 Å². The number of rotatable bonds is 4. The SMILES string of the molecule is CC(C)(C)NCc1cccc(Cl)c1OC1CCCC1O. The smallest absolute Gasteiger partial charge is 0.142 e. The molecular formula is C16H24ClNO2. The predicted molar refractivity (Wildman–Crippen MR) is 82.3 cm³/mol. The molecule has 2 rings (SSSR count). The minimum Gasteiger partial charge on any atom is -0.486 e. The van der Waals surface area contributed by atoms with Gasteiger partial charge in [-0.3, -0.25) is 0 Å². The normalized spacial score (nSPS) is 23.1. The molecule has 1 aromatic rings. The molecule has 1 aliphatic carbocycles. The fourth-order valence-corrected chi connectivity index (χ4v) is 2.62. The monoisotopic (exact) mass is 297 g/mol. The number of nitrogens with one attached hydrogen (secondary N) is 1. The number of hydrogen-bond acceptors (Lipinski definition) is 3. The topological polar surface area (TPSA) is 41.5 Å². The molecule has 0 bridgehead atoms. The summed E-state index contributed by atoms with van der Waals surface area (Å²) in [4.78, 5) is 0. The highest BCUT2D eigenvalue weighted by atomic mass is 35.5. The first-order valence-corrected chi connectivity index (χ1v) is 7.62. The molecule has 1 aromatic carbocycles. The zero-order chi connectivity index (χ0) is 14.8. The maximum absolute atomic E-state index is 9.91. The summed E-state index contributed by atoms with van der Waals surface area (Å²) in [7, 11) is 0. The third-order valence-corrected chi connectivity index (χ3v) is 3.84. The van der Waals surface area contributed by atoms with Crippen molar-refractivity contribution < 1.29 is 9.84 Å². The van der Waals surface area contributed by atoms with Crippen LogP contribution in [0, 0.1) is 0 Å². The van der Waals surface area contributed by atoms with E-state index in [-0.39, 0.29) is 17.7 Å². The van der Waals surface area contributed by atoms with Gasteiger partial charge in [0.1, 0.15) is 11.9 Å². The number of benzene rings is 1. The summed E-state index contributed by atoms with van der Waals surface area (Å²) >= 11 is 6.27. The number of halogens is 1. The maximum Gasteiger partial charge on any atom is 0.142 e. The molecule has 2 atom stereocenters. The number of ether oxygens (including phenoxy) is 1. The number of aliphatic hydroxyl groups excluding tert-OH is 1. The lowest BCUT2D eigenvalue weighted by atomic mass is 10.1. The van der Waals surface area contributed by atoms with Crippen LogP contribution in [0.5, 0.6) is 5.75 Å². The molecule has 112 valence electrons. The molecule has 4 heteroatoms. The van der Waals surface area contributed by atoms with E-state index in [9.17, 15) is 5.11 Å². The van der Waals surface area contributed by atoms with E-state index in [1.165, 1.54) is 0 Å². The number of aliphatic hydroxyl groups is 1. The van der Waals surface area contributed by atoms with Crippen molar-refractivity contribution in [3.8, 4) is 5.75 Å². The van der Waals surface area contributed by atoms with Crippen LogP contribution in [0.3, 0.4) is 0 Å². The van der Waals surface area contributed by atoms with E-state index in [1.807, 2.05) is 18.2 Å². The fourth-order valence-electron chi connectivity index (χ4n) is 2.38. The number of para-hydroxylation sites is 1. The van der Waals surface area contributed by atoms with Crippen LogP contribution in [-0.4, -0.2) is 22.9 Å². The highest BCUT2D eigenvalue weighted by molar-refractivity contribution is 6.32. The van der Waals surface area contributed by atoms with Gasteiger partial charge in [-0.2, -0.15) is 0 Å². The molecule has 20 heavy (non-hydrogen) atoms. The molecular weight excluding hydrogens is 274 g/mol. The van der Waals surface area contributed by atoms with Gasteiger partial charge in [0, 0.05) is 17.6 Å². The average molecular weight is 298 g/mol. The van der Waals surface area contributed by atoms with Gasteiger partial charge in [-0.05, 0) is 46.1 Å². The van der Waals surface area contributed by atoms with Crippen molar-refractivity contribution in [1.82, 2.24) is 5.32 Å². The van der Waals surface area contributed by atoms with E-state index in [1.54, 1.807) is 0 Å². The fraction of sp³-hybridized carbons (Fsp3) is 0.625. The quantitative estimate of drug-likeness (QED) is 0.893. The molecule has 0 radical (unpaired) electrons. The first kappa shape index (κ1) is 15.6. The Hall–Kier alpha value is -0.770. The summed E-state index contributed by atoms with van der Waals surface area (Å²) in [5.41, 5.74) is 1.07. The highest BCUT2D eigenvalue weighted by Crippen LogP contribution is 2.33. The predicted octanol–water partition coefficient (Wildman–Crippen LogP) is 3.52. The van der Waals surface area contributed by atoms with Crippen LogP contribution < -0.4 is 10.1 Å². The van der Waals surface area contributed by atoms with Gasteiger partial charge in [-0.15, -0.1) is 0 Å². The van der Waals surface area contributed by atoms with Crippen LogP contribution in [-0.2, 0) is 6.54 Å². The third kappa shape index (κ3) is 4.11. The molecule has 0 spiro atoms.